The van der Waals surface area contributed by atoms with Gasteiger partial charge < -0.3 is 29.4 Å². The minimum atomic E-state index is -1.88. The molecule has 2 N–H and O–H groups in total. The van der Waals surface area contributed by atoms with E-state index in [1.54, 1.807) is 19.1 Å². The summed E-state index contributed by atoms with van der Waals surface area (Å²) in [5.41, 5.74) is -0.482. The average molecular weight is 514 g/mol. The van der Waals surface area contributed by atoms with Gasteiger partial charge in [-0.15, -0.1) is 0 Å². The van der Waals surface area contributed by atoms with Crippen molar-refractivity contribution in [2.45, 2.75) is 31.3 Å². The predicted molar refractivity (Wildman–Crippen MR) is 128 cm³/mol. The van der Waals surface area contributed by atoms with Crippen LogP contribution in [-0.4, -0.2) is 49.5 Å². The van der Waals surface area contributed by atoms with Gasteiger partial charge in [-0.3, -0.25) is 14.4 Å². The van der Waals surface area contributed by atoms with Gasteiger partial charge in [-0.2, -0.15) is 0 Å². The van der Waals surface area contributed by atoms with E-state index in [-0.39, 0.29) is 63.7 Å². The molecule has 2 aliphatic heterocycles. The fraction of sp³-hybridized carbons (Fsp3) is 0.346. The number of ketones is 2. The zero-order valence-electron chi connectivity index (χ0n) is 20.1. The van der Waals surface area contributed by atoms with Crippen LogP contribution in [0.25, 0.3) is 0 Å². The number of hydrogen-bond donors (Lipinski definition) is 2. The Morgan fingerprint density at radius 2 is 1.69 bits per heavy atom. The lowest BCUT2D eigenvalue weighted by atomic mass is 9.66. The van der Waals surface area contributed by atoms with Gasteiger partial charge in [0.05, 0.1) is 21.3 Å². The molecule has 0 aromatic heterocycles. The van der Waals surface area contributed by atoms with E-state index in [0.717, 1.165) is 0 Å². The van der Waals surface area contributed by atoms with E-state index in [9.17, 15) is 19.5 Å². The lowest BCUT2D eigenvalue weighted by Gasteiger charge is -2.41. The number of benzene rings is 2. The summed E-state index contributed by atoms with van der Waals surface area (Å²) < 4.78 is 22.2. The van der Waals surface area contributed by atoms with Crippen molar-refractivity contribution in [1.29, 1.82) is 0 Å². The van der Waals surface area contributed by atoms with Crippen molar-refractivity contribution in [2.24, 2.45) is 5.92 Å². The van der Waals surface area contributed by atoms with Crippen LogP contribution >= 0.6 is 11.6 Å². The minimum Gasteiger partial charge on any atom is -0.504 e. The number of nitrogens with one attached hydrogen (secondary N) is 1. The Morgan fingerprint density at radius 1 is 1.00 bits per heavy atom. The first-order valence-corrected chi connectivity index (χ1v) is 11.7. The third kappa shape index (κ3) is 3.19. The third-order valence-corrected chi connectivity index (χ3v) is 7.52. The number of Topliss-reactive ketones (excluding diaryl/α,β-unsaturated/α-hetero) is 2. The van der Waals surface area contributed by atoms with Crippen LogP contribution in [0.2, 0.25) is 5.02 Å². The molecule has 0 bridgehead atoms. The second-order valence-electron chi connectivity index (χ2n) is 9.03. The molecule has 0 radical (unpaired) electrons. The molecular formula is C26H24ClNO8. The molecule has 0 unspecified atom stereocenters. The first-order chi connectivity index (χ1) is 17.2. The molecule has 188 valence electrons. The number of amides is 1. The fourth-order valence-electron chi connectivity index (χ4n) is 5.39. The molecule has 36 heavy (non-hydrogen) atoms. The van der Waals surface area contributed by atoms with Crippen LogP contribution in [0.1, 0.15) is 41.6 Å². The van der Waals surface area contributed by atoms with E-state index in [1.807, 2.05) is 0 Å². The molecule has 5 rings (SSSR count). The Kier molecular flexibility index (Phi) is 5.63. The molecule has 2 heterocycles. The van der Waals surface area contributed by atoms with Crippen LogP contribution < -0.4 is 24.3 Å². The van der Waals surface area contributed by atoms with Gasteiger partial charge in [0.15, 0.2) is 17.2 Å². The molecule has 0 fully saturated rings. The van der Waals surface area contributed by atoms with Gasteiger partial charge in [0, 0.05) is 35.6 Å². The Balaban J connectivity index is 1.67. The van der Waals surface area contributed by atoms with Gasteiger partial charge >= 0.3 is 0 Å². The highest BCUT2D eigenvalue weighted by Crippen LogP contribution is 2.55. The van der Waals surface area contributed by atoms with Gasteiger partial charge in [-0.25, -0.2) is 0 Å². The first kappa shape index (κ1) is 24.0. The normalized spacial score (nSPS) is 24.8. The highest BCUT2D eigenvalue weighted by molar-refractivity contribution is 6.36. The zero-order valence-corrected chi connectivity index (χ0v) is 20.8. The smallest absolute Gasteiger partial charge is 0.236 e. The Bertz CT molecular complexity index is 1370. The molecule has 1 amide bonds. The second kappa shape index (κ2) is 8.44. The Hall–Kier alpha value is -3.72. The molecule has 9 nitrogen and oxygen atoms in total. The van der Waals surface area contributed by atoms with Gasteiger partial charge in [-0.1, -0.05) is 24.6 Å². The van der Waals surface area contributed by atoms with Crippen molar-refractivity contribution in [3.8, 4) is 28.7 Å². The van der Waals surface area contributed by atoms with E-state index < -0.39 is 29.0 Å². The average Bonchev–Trinajstić information content (AvgIpc) is 3.17. The van der Waals surface area contributed by atoms with Crippen LogP contribution in [-0.2, 0) is 9.59 Å². The predicted octanol–water partition coefficient (Wildman–Crippen LogP) is 3.55. The zero-order chi connectivity index (χ0) is 25.9. The molecule has 0 saturated carbocycles. The number of carbonyl (C=O) groups is 3. The van der Waals surface area contributed by atoms with Crippen molar-refractivity contribution in [3.63, 3.8) is 0 Å². The molecule has 2 aromatic rings. The maximum absolute atomic E-state index is 14.3. The van der Waals surface area contributed by atoms with Gasteiger partial charge in [-0.05, 0) is 24.1 Å². The summed E-state index contributed by atoms with van der Waals surface area (Å²) in [5.74, 6) is -2.06. The van der Waals surface area contributed by atoms with Gasteiger partial charge in [0.2, 0.25) is 23.1 Å². The van der Waals surface area contributed by atoms with Crippen LogP contribution in [0.4, 0.5) is 0 Å². The number of allylic oxidation sites excluding steroid dienone is 1. The van der Waals surface area contributed by atoms with E-state index in [1.165, 1.54) is 33.5 Å². The minimum absolute atomic E-state index is 0.0258. The van der Waals surface area contributed by atoms with Crippen molar-refractivity contribution >= 4 is 29.1 Å². The van der Waals surface area contributed by atoms with E-state index in [0.29, 0.717) is 11.3 Å². The van der Waals surface area contributed by atoms with Crippen molar-refractivity contribution in [3.05, 3.63) is 51.7 Å². The Morgan fingerprint density at radius 3 is 2.36 bits per heavy atom. The number of rotatable bonds is 4. The molecule has 10 heteroatoms. The largest absolute Gasteiger partial charge is 0.504 e. The third-order valence-electron chi connectivity index (χ3n) is 7.16. The van der Waals surface area contributed by atoms with Crippen molar-refractivity contribution in [2.75, 3.05) is 21.3 Å². The molecule has 2 aromatic carbocycles. The number of fused-ring (bicyclic) bond motifs is 1. The SMILES string of the molecule is COc1cc([C@H]2CC(=O)NC3=C2C(=O)[C@@]2(Oc4c(Cl)c(OC)cc(OC)c4C2=O)[C@H](C)C3)ccc1O. The van der Waals surface area contributed by atoms with Crippen LogP contribution in [0.3, 0.4) is 0 Å². The first-order valence-electron chi connectivity index (χ1n) is 11.3. The van der Waals surface area contributed by atoms with Crippen LogP contribution in [0, 0.1) is 5.92 Å². The second-order valence-corrected chi connectivity index (χ2v) is 9.41. The number of phenolic OH excluding ortho intramolecular Hbond substituents is 1. The number of ether oxygens (including phenoxy) is 4. The molecular weight excluding hydrogens is 490 g/mol. The van der Waals surface area contributed by atoms with E-state index >= 15 is 0 Å². The Labute approximate surface area is 211 Å². The molecule has 0 saturated heterocycles. The summed E-state index contributed by atoms with van der Waals surface area (Å²) in [5, 5.41) is 12.9. The molecule has 1 aliphatic carbocycles. The number of aromatic hydroxyl groups is 1. The van der Waals surface area contributed by atoms with Crippen molar-refractivity contribution in [1.82, 2.24) is 5.32 Å². The lowest BCUT2D eigenvalue weighted by Crippen LogP contribution is -2.59. The summed E-state index contributed by atoms with van der Waals surface area (Å²) in [6.07, 6.45) is 0.192. The van der Waals surface area contributed by atoms with Crippen molar-refractivity contribution < 1.29 is 38.4 Å². The van der Waals surface area contributed by atoms with E-state index in [2.05, 4.69) is 5.32 Å². The standard InChI is InChI=1S/C26H24ClNO8/c1-11-7-14-20(13(9-19(30)28-14)12-5-6-15(29)16(8-12)33-2)24(31)26(11)25(32)21-17(34-3)10-18(35-4)22(27)23(21)36-26/h5-6,8,10-11,13,29H,7,9H2,1-4H3,(H,28,30)/t11-,13-,26+/m1/s1. The quantitative estimate of drug-likeness (QED) is 0.595. The number of halogens is 1. The van der Waals surface area contributed by atoms with Gasteiger partial charge in [0.1, 0.15) is 22.1 Å². The summed E-state index contributed by atoms with van der Waals surface area (Å²) in [4.78, 5) is 40.9. The molecule has 3 atom stereocenters. The molecule has 1 spiro atoms. The summed E-state index contributed by atoms with van der Waals surface area (Å²) in [6.45, 7) is 1.72. The number of phenols is 1. The highest BCUT2D eigenvalue weighted by Gasteiger charge is 2.63. The monoisotopic (exact) mass is 513 g/mol. The molecule has 3 aliphatic rings. The number of hydrogen-bond acceptors (Lipinski definition) is 8. The summed E-state index contributed by atoms with van der Waals surface area (Å²) >= 11 is 6.50. The van der Waals surface area contributed by atoms with E-state index in [4.69, 9.17) is 30.5 Å². The fourth-order valence-corrected chi connectivity index (χ4v) is 5.65. The van der Waals surface area contributed by atoms with Crippen LogP contribution in [0.5, 0.6) is 28.7 Å². The maximum Gasteiger partial charge on any atom is 0.236 e. The maximum atomic E-state index is 14.3. The topological polar surface area (TPSA) is 120 Å². The highest BCUT2D eigenvalue weighted by atomic mass is 35.5. The number of methoxy groups -OCH3 is 3. The lowest BCUT2D eigenvalue weighted by molar-refractivity contribution is -0.131. The van der Waals surface area contributed by atoms with Crippen LogP contribution in [0.15, 0.2) is 35.5 Å². The number of carbonyl (C=O) groups excluding carboxylic acids is 3. The summed E-state index contributed by atoms with van der Waals surface area (Å²) in [6, 6.07) is 6.13. The summed E-state index contributed by atoms with van der Waals surface area (Å²) in [7, 11) is 4.23. The van der Waals surface area contributed by atoms with Gasteiger partial charge in [0.25, 0.3) is 0 Å².